The van der Waals surface area contributed by atoms with E-state index in [2.05, 4.69) is 5.32 Å². The highest BCUT2D eigenvalue weighted by molar-refractivity contribution is 8.04. The van der Waals surface area contributed by atoms with Crippen molar-refractivity contribution >= 4 is 52.5 Å². The molecule has 3 aromatic carbocycles. The van der Waals surface area contributed by atoms with Crippen LogP contribution in [0.1, 0.15) is 35.7 Å². The van der Waals surface area contributed by atoms with Crippen LogP contribution in [-0.4, -0.2) is 31.5 Å². The van der Waals surface area contributed by atoms with Gasteiger partial charge in [-0.15, -0.1) is 0 Å². The van der Waals surface area contributed by atoms with Gasteiger partial charge in [0.2, 0.25) is 0 Å². The molecule has 0 saturated carbocycles. The van der Waals surface area contributed by atoms with Crippen molar-refractivity contribution in [1.29, 1.82) is 0 Å². The van der Waals surface area contributed by atoms with E-state index in [1.807, 2.05) is 44.2 Å². The number of hydrogen-bond donors (Lipinski definition) is 1. The van der Waals surface area contributed by atoms with Crippen molar-refractivity contribution in [2.75, 3.05) is 23.9 Å². The molecule has 2 amide bonds. The van der Waals surface area contributed by atoms with Crippen molar-refractivity contribution in [3.63, 3.8) is 0 Å². The van der Waals surface area contributed by atoms with Gasteiger partial charge in [0.15, 0.2) is 0 Å². The first-order valence-electron chi connectivity index (χ1n) is 12.1. The summed E-state index contributed by atoms with van der Waals surface area (Å²) in [6.07, 6.45) is 1.70. The van der Waals surface area contributed by atoms with Gasteiger partial charge < -0.3 is 14.8 Å². The fourth-order valence-electron chi connectivity index (χ4n) is 3.76. The van der Waals surface area contributed by atoms with Crippen LogP contribution in [0.15, 0.2) is 82.2 Å². The number of rotatable bonds is 10. The zero-order chi connectivity index (χ0) is 27.2. The Bertz CT molecular complexity index is 1390. The first-order chi connectivity index (χ1) is 18.3. The number of aryl methyl sites for hydroxylation is 1. The largest absolute Gasteiger partial charge is 0.495 e. The number of carbonyl (C=O) groups excluding carboxylic acids is 3. The number of thioether (sulfide) groups is 1. The Morgan fingerprint density at radius 3 is 2.39 bits per heavy atom. The van der Waals surface area contributed by atoms with E-state index in [4.69, 9.17) is 21.1 Å². The van der Waals surface area contributed by atoms with Gasteiger partial charge in [-0.1, -0.05) is 54.9 Å². The first kappa shape index (κ1) is 27.3. The fraction of sp³-hybridized carbons (Fsp3) is 0.207. The minimum Gasteiger partial charge on any atom is -0.495 e. The zero-order valence-electron chi connectivity index (χ0n) is 21.2. The normalized spacial score (nSPS) is 13.2. The number of ether oxygens (including phenoxy) is 2. The molecule has 196 valence electrons. The SMILES string of the molecule is CCCCOC(=O)c1ccc(N2C(=O)C(Nc3cc(C)c(Cl)cc3OC)=C(Sc3ccccc3)C2=O)cc1. The lowest BCUT2D eigenvalue weighted by Gasteiger charge is -2.16. The summed E-state index contributed by atoms with van der Waals surface area (Å²) >= 11 is 7.45. The number of esters is 1. The number of unbranched alkanes of at least 4 members (excludes halogenated alkanes) is 1. The maximum Gasteiger partial charge on any atom is 0.338 e. The Morgan fingerprint density at radius 2 is 1.74 bits per heavy atom. The lowest BCUT2D eigenvalue weighted by Crippen LogP contribution is -2.32. The number of imide groups is 1. The van der Waals surface area contributed by atoms with Crippen molar-refractivity contribution in [3.05, 3.63) is 93.5 Å². The van der Waals surface area contributed by atoms with Crippen molar-refractivity contribution < 1.29 is 23.9 Å². The second-order valence-electron chi connectivity index (χ2n) is 8.53. The molecule has 0 fully saturated rings. The van der Waals surface area contributed by atoms with E-state index in [9.17, 15) is 14.4 Å². The third-order valence-corrected chi connectivity index (χ3v) is 7.34. The van der Waals surface area contributed by atoms with Crippen LogP contribution in [0.5, 0.6) is 5.75 Å². The van der Waals surface area contributed by atoms with E-state index in [1.165, 1.54) is 18.9 Å². The molecule has 0 spiro atoms. The summed E-state index contributed by atoms with van der Waals surface area (Å²) in [5.74, 6) is -1.02. The average Bonchev–Trinajstić information content (AvgIpc) is 3.15. The molecular weight excluding hydrogens is 524 g/mol. The van der Waals surface area contributed by atoms with E-state index >= 15 is 0 Å². The molecule has 0 unspecified atom stereocenters. The van der Waals surface area contributed by atoms with Crippen LogP contribution in [0.3, 0.4) is 0 Å². The standard InChI is InChI=1S/C29H27ClN2O5S/c1-4-5-15-37-29(35)19-11-13-20(14-12-19)32-27(33)25(26(28(32)34)38-21-9-7-6-8-10-21)31-23-16-18(2)22(30)17-24(23)36-3/h6-14,16-17,31H,4-5,15H2,1-3H3. The van der Waals surface area contributed by atoms with Gasteiger partial charge in [0.05, 0.1) is 30.7 Å². The summed E-state index contributed by atoms with van der Waals surface area (Å²) in [5.41, 5.74) is 2.08. The zero-order valence-corrected chi connectivity index (χ0v) is 22.8. The Balaban J connectivity index is 1.67. The van der Waals surface area contributed by atoms with Crippen LogP contribution in [0.25, 0.3) is 0 Å². The molecule has 0 saturated heterocycles. The summed E-state index contributed by atoms with van der Waals surface area (Å²) in [6, 6.07) is 19.0. The highest BCUT2D eigenvalue weighted by atomic mass is 35.5. The van der Waals surface area contributed by atoms with Crippen LogP contribution in [0, 0.1) is 6.92 Å². The van der Waals surface area contributed by atoms with Crippen LogP contribution in [0.4, 0.5) is 11.4 Å². The number of hydrogen-bond acceptors (Lipinski definition) is 7. The number of carbonyl (C=O) groups is 3. The van der Waals surface area contributed by atoms with Gasteiger partial charge in [0, 0.05) is 16.0 Å². The Hall–Kier alpha value is -3.75. The van der Waals surface area contributed by atoms with Gasteiger partial charge in [0.1, 0.15) is 16.4 Å². The van der Waals surface area contributed by atoms with Crippen molar-refractivity contribution in [2.24, 2.45) is 0 Å². The Kier molecular flexibility index (Phi) is 8.76. The van der Waals surface area contributed by atoms with Gasteiger partial charge in [-0.2, -0.15) is 0 Å². The maximum atomic E-state index is 13.7. The molecule has 1 aliphatic heterocycles. The van der Waals surface area contributed by atoms with Crippen LogP contribution in [-0.2, 0) is 14.3 Å². The monoisotopic (exact) mass is 550 g/mol. The molecular formula is C29H27ClN2O5S. The third-order valence-electron chi connectivity index (χ3n) is 5.84. The lowest BCUT2D eigenvalue weighted by atomic mass is 10.2. The van der Waals surface area contributed by atoms with Crippen molar-refractivity contribution in [3.8, 4) is 5.75 Å². The molecule has 0 bridgehead atoms. The number of amides is 2. The highest BCUT2D eigenvalue weighted by Crippen LogP contribution is 2.40. The van der Waals surface area contributed by atoms with Gasteiger partial charge >= 0.3 is 5.97 Å². The minimum absolute atomic E-state index is 0.118. The number of anilines is 2. The van der Waals surface area contributed by atoms with E-state index < -0.39 is 17.8 Å². The van der Waals surface area contributed by atoms with E-state index in [1.54, 1.807) is 36.4 Å². The average molecular weight is 551 g/mol. The van der Waals surface area contributed by atoms with Crippen LogP contribution >= 0.6 is 23.4 Å². The first-order valence-corrected chi connectivity index (χ1v) is 13.3. The molecule has 1 aliphatic rings. The second kappa shape index (κ2) is 12.2. The lowest BCUT2D eigenvalue weighted by molar-refractivity contribution is -0.120. The fourth-order valence-corrected chi connectivity index (χ4v) is 4.86. The number of benzene rings is 3. The number of methoxy groups -OCH3 is 1. The summed E-state index contributed by atoms with van der Waals surface area (Å²) in [5, 5.41) is 3.64. The molecule has 9 heteroatoms. The van der Waals surface area contributed by atoms with Crippen molar-refractivity contribution in [2.45, 2.75) is 31.6 Å². The summed E-state index contributed by atoms with van der Waals surface area (Å²) in [4.78, 5) is 41.7. The molecule has 38 heavy (non-hydrogen) atoms. The van der Waals surface area contributed by atoms with Crippen molar-refractivity contribution in [1.82, 2.24) is 0 Å². The van der Waals surface area contributed by atoms with E-state index in [0.29, 0.717) is 34.3 Å². The predicted molar refractivity (Wildman–Crippen MR) is 150 cm³/mol. The van der Waals surface area contributed by atoms with Gasteiger partial charge in [-0.3, -0.25) is 9.59 Å². The molecule has 0 radical (unpaired) electrons. The summed E-state index contributed by atoms with van der Waals surface area (Å²) in [6.45, 7) is 4.19. The second-order valence-corrected chi connectivity index (χ2v) is 10.0. The molecule has 4 rings (SSSR count). The molecule has 7 nitrogen and oxygen atoms in total. The predicted octanol–water partition coefficient (Wildman–Crippen LogP) is 6.60. The molecule has 3 aromatic rings. The molecule has 1 heterocycles. The Labute approximate surface area is 230 Å². The van der Waals surface area contributed by atoms with E-state index in [-0.39, 0.29) is 10.6 Å². The molecule has 1 N–H and O–H groups in total. The molecule has 0 aromatic heterocycles. The number of nitrogens with zero attached hydrogens (tertiary/aromatic N) is 1. The van der Waals surface area contributed by atoms with Gasteiger partial charge in [-0.05, 0) is 61.4 Å². The van der Waals surface area contributed by atoms with Gasteiger partial charge in [0.25, 0.3) is 11.8 Å². The maximum absolute atomic E-state index is 13.7. The quantitative estimate of drug-likeness (QED) is 0.173. The number of halogens is 1. The van der Waals surface area contributed by atoms with Gasteiger partial charge in [-0.25, -0.2) is 9.69 Å². The Morgan fingerprint density at radius 1 is 1.03 bits per heavy atom. The van der Waals surface area contributed by atoms with E-state index in [0.717, 1.165) is 28.2 Å². The molecule has 0 atom stereocenters. The summed E-state index contributed by atoms with van der Waals surface area (Å²) in [7, 11) is 1.50. The third kappa shape index (κ3) is 5.87. The summed E-state index contributed by atoms with van der Waals surface area (Å²) < 4.78 is 10.7. The molecule has 0 aliphatic carbocycles. The topological polar surface area (TPSA) is 84.9 Å². The smallest absolute Gasteiger partial charge is 0.338 e. The van der Waals surface area contributed by atoms with Crippen LogP contribution in [0.2, 0.25) is 5.02 Å². The van der Waals surface area contributed by atoms with Crippen LogP contribution < -0.4 is 15.0 Å². The minimum atomic E-state index is -0.527. The highest BCUT2D eigenvalue weighted by Gasteiger charge is 2.40. The number of nitrogens with one attached hydrogen (secondary N) is 1.